The van der Waals surface area contributed by atoms with E-state index in [0.717, 1.165) is 30.5 Å². The van der Waals surface area contributed by atoms with Gasteiger partial charge < -0.3 is 9.47 Å². The van der Waals surface area contributed by atoms with Crippen molar-refractivity contribution in [2.45, 2.75) is 24.3 Å². The van der Waals surface area contributed by atoms with E-state index in [9.17, 15) is 0 Å². The predicted octanol–water partition coefficient (Wildman–Crippen LogP) is 3.14. The van der Waals surface area contributed by atoms with Gasteiger partial charge in [0.2, 0.25) is 0 Å². The molecule has 0 amide bonds. The molecular formula is C12H15BrO2. The van der Waals surface area contributed by atoms with Gasteiger partial charge in [-0.15, -0.1) is 0 Å². The van der Waals surface area contributed by atoms with Gasteiger partial charge in [0.05, 0.1) is 6.10 Å². The van der Waals surface area contributed by atoms with Crippen LogP contribution in [0.4, 0.5) is 0 Å². The van der Waals surface area contributed by atoms with Crippen LogP contribution >= 0.6 is 15.9 Å². The Morgan fingerprint density at radius 1 is 1.33 bits per heavy atom. The third-order valence-corrected chi connectivity index (χ3v) is 3.19. The highest BCUT2D eigenvalue weighted by molar-refractivity contribution is 9.08. The Morgan fingerprint density at radius 2 is 2.13 bits per heavy atom. The molecule has 1 atom stereocenters. The molecule has 1 heterocycles. The van der Waals surface area contributed by atoms with Crippen molar-refractivity contribution in [1.82, 2.24) is 0 Å². The van der Waals surface area contributed by atoms with E-state index in [-0.39, 0.29) is 0 Å². The van der Waals surface area contributed by atoms with E-state index in [4.69, 9.17) is 9.47 Å². The first-order valence-electron chi connectivity index (χ1n) is 5.28. The normalized spacial score (nSPS) is 20.5. The van der Waals surface area contributed by atoms with Gasteiger partial charge in [0.1, 0.15) is 12.4 Å². The maximum absolute atomic E-state index is 5.65. The molecule has 1 saturated heterocycles. The number of rotatable bonds is 4. The molecule has 82 valence electrons. The zero-order valence-electron chi connectivity index (χ0n) is 8.62. The molecule has 1 aliphatic rings. The fraction of sp³-hybridized carbons (Fsp3) is 0.500. The van der Waals surface area contributed by atoms with Crippen LogP contribution in [0.1, 0.15) is 18.4 Å². The lowest BCUT2D eigenvalue weighted by molar-refractivity contribution is 0.0679. The first kappa shape index (κ1) is 11.0. The highest BCUT2D eigenvalue weighted by atomic mass is 79.9. The van der Waals surface area contributed by atoms with Gasteiger partial charge in [-0.1, -0.05) is 28.1 Å². The minimum Gasteiger partial charge on any atom is -0.491 e. The van der Waals surface area contributed by atoms with Crippen LogP contribution in [0, 0.1) is 0 Å². The molecule has 3 heteroatoms. The van der Waals surface area contributed by atoms with Gasteiger partial charge in [-0.25, -0.2) is 0 Å². The maximum atomic E-state index is 5.65. The summed E-state index contributed by atoms with van der Waals surface area (Å²) in [7, 11) is 0. The third-order valence-electron chi connectivity index (χ3n) is 2.54. The highest BCUT2D eigenvalue weighted by Gasteiger charge is 2.15. The first-order chi connectivity index (χ1) is 7.38. The van der Waals surface area contributed by atoms with E-state index in [1.54, 1.807) is 0 Å². The Kier molecular flexibility index (Phi) is 4.03. The lowest BCUT2D eigenvalue weighted by Crippen LogP contribution is -2.16. The quantitative estimate of drug-likeness (QED) is 0.783. The topological polar surface area (TPSA) is 18.5 Å². The maximum Gasteiger partial charge on any atom is 0.119 e. The Balaban J connectivity index is 1.82. The molecule has 1 aromatic rings. The second kappa shape index (κ2) is 5.52. The van der Waals surface area contributed by atoms with Crippen LogP contribution < -0.4 is 4.74 Å². The van der Waals surface area contributed by atoms with Crippen molar-refractivity contribution < 1.29 is 9.47 Å². The zero-order valence-corrected chi connectivity index (χ0v) is 10.2. The zero-order chi connectivity index (χ0) is 10.5. The molecule has 1 aliphatic heterocycles. The molecule has 2 nitrogen and oxygen atoms in total. The van der Waals surface area contributed by atoms with Crippen LogP contribution in [0.25, 0.3) is 0 Å². The number of benzene rings is 1. The van der Waals surface area contributed by atoms with Crippen LogP contribution in [0.5, 0.6) is 5.75 Å². The summed E-state index contributed by atoms with van der Waals surface area (Å²) in [6.45, 7) is 1.56. The van der Waals surface area contributed by atoms with Crippen LogP contribution in [-0.2, 0) is 10.1 Å². The van der Waals surface area contributed by atoms with Crippen molar-refractivity contribution >= 4 is 15.9 Å². The molecule has 0 N–H and O–H groups in total. The summed E-state index contributed by atoms with van der Waals surface area (Å²) in [6, 6.07) is 8.15. The predicted molar refractivity (Wildman–Crippen MR) is 63.5 cm³/mol. The average molecular weight is 271 g/mol. The molecule has 0 aliphatic carbocycles. The number of alkyl halides is 1. The second-order valence-corrected chi connectivity index (χ2v) is 4.28. The van der Waals surface area contributed by atoms with E-state index < -0.39 is 0 Å². The SMILES string of the molecule is BrCc1ccc(OC[C@@H]2CCCO2)cc1. The van der Waals surface area contributed by atoms with Crippen LogP contribution in [0.3, 0.4) is 0 Å². The molecule has 1 fully saturated rings. The molecule has 0 bridgehead atoms. The Labute approximate surface area is 98.7 Å². The minimum absolute atomic E-state index is 0.292. The molecule has 15 heavy (non-hydrogen) atoms. The molecule has 0 spiro atoms. The van der Waals surface area contributed by atoms with Gasteiger partial charge in [-0.2, -0.15) is 0 Å². The fourth-order valence-corrected chi connectivity index (χ4v) is 2.01. The van der Waals surface area contributed by atoms with Gasteiger partial charge in [0.15, 0.2) is 0 Å². The Morgan fingerprint density at radius 3 is 2.73 bits per heavy atom. The summed E-state index contributed by atoms with van der Waals surface area (Å²) in [5.74, 6) is 0.926. The smallest absolute Gasteiger partial charge is 0.119 e. The van der Waals surface area contributed by atoms with Gasteiger partial charge in [-0.05, 0) is 30.5 Å². The van der Waals surface area contributed by atoms with E-state index >= 15 is 0 Å². The highest BCUT2D eigenvalue weighted by Crippen LogP contribution is 2.17. The molecule has 2 rings (SSSR count). The average Bonchev–Trinajstić information content (AvgIpc) is 2.80. The standard InChI is InChI=1S/C12H15BrO2/c13-8-10-3-5-11(6-4-10)15-9-12-2-1-7-14-12/h3-6,12H,1-2,7-9H2/t12-/m0/s1. The molecule has 1 aromatic carbocycles. The van der Waals surface area contributed by atoms with E-state index in [1.807, 2.05) is 12.1 Å². The molecule has 0 radical (unpaired) electrons. The molecule has 0 aromatic heterocycles. The second-order valence-electron chi connectivity index (χ2n) is 3.72. The summed E-state index contributed by atoms with van der Waals surface area (Å²) in [6.07, 6.45) is 2.58. The van der Waals surface area contributed by atoms with Crippen molar-refractivity contribution in [3.63, 3.8) is 0 Å². The van der Waals surface area contributed by atoms with Crippen LogP contribution in [0.15, 0.2) is 24.3 Å². The summed E-state index contributed by atoms with van der Waals surface area (Å²) >= 11 is 3.41. The Hall–Kier alpha value is -0.540. The van der Waals surface area contributed by atoms with E-state index in [2.05, 4.69) is 28.1 Å². The monoisotopic (exact) mass is 270 g/mol. The van der Waals surface area contributed by atoms with Crippen molar-refractivity contribution in [3.8, 4) is 5.75 Å². The summed E-state index contributed by atoms with van der Waals surface area (Å²) in [4.78, 5) is 0. The van der Waals surface area contributed by atoms with Gasteiger partial charge in [-0.3, -0.25) is 0 Å². The fourth-order valence-electron chi connectivity index (χ4n) is 1.64. The van der Waals surface area contributed by atoms with Crippen molar-refractivity contribution in [2.75, 3.05) is 13.2 Å². The summed E-state index contributed by atoms with van der Waals surface area (Å²) in [5, 5.41) is 0.888. The van der Waals surface area contributed by atoms with Crippen molar-refractivity contribution in [2.24, 2.45) is 0 Å². The summed E-state index contributed by atoms with van der Waals surface area (Å²) in [5.41, 5.74) is 1.26. The third kappa shape index (κ3) is 3.21. The summed E-state index contributed by atoms with van der Waals surface area (Å²) < 4.78 is 11.1. The first-order valence-corrected chi connectivity index (χ1v) is 6.40. The number of ether oxygens (including phenoxy) is 2. The molecule has 0 unspecified atom stereocenters. The van der Waals surface area contributed by atoms with E-state index in [0.29, 0.717) is 12.7 Å². The number of halogens is 1. The van der Waals surface area contributed by atoms with Gasteiger partial charge >= 0.3 is 0 Å². The number of hydrogen-bond donors (Lipinski definition) is 0. The minimum atomic E-state index is 0.292. The largest absolute Gasteiger partial charge is 0.491 e. The number of hydrogen-bond acceptors (Lipinski definition) is 2. The Bertz CT molecular complexity index is 291. The van der Waals surface area contributed by atoms with Crippen molar-refractivity contribution in [3.05, 3.63) is 29.8 Å². The van der Waals surface area contributed by atoms with Crippen LogP contribution in [-0.4, -0.2) is 19.3 Å². The van der Waals surface area contributed by atoms with Crippen LogP contribution in [0.2, 0.25) is 0 Å². The molecule has 0 saturated carbocycles. The van der Waals surface area contributed by atoms with Crippen molar-refractivity contribution in [1.29, 1.82) is 0 Å². The van der Waals surface area contributed by atoms with Gasteiger partial charge in [0, 0.05) is 11.9 Å². The van der Waals surface area contributed by atoms with E-state index in [1.165, 1.54) is 5.56 Å². The molecular weight excluding hydrogens is 256 g/mol. The lowest BCUT2D eigenvalue weighted by Gasteiger charge is -2.11. The van der Waals surface area contributed by atoms with Gasteiger partial charge in [0.25, 0.3) is 0 Å². The lowest BCUT2D eigenvalue weighted by atomic mass is 10.2.